The van der Waals surface area contributed by atoms with Gasteiger partial charge in [0.05, 0.1) is 5.52 Å². The predicted molar refractivity (Wildman–Crippen MR) is 114 cm³/mol. The highest BCUT2D eigenvalue weighted by atomic mass is 15.2. The van der Waals surface area contributed by atoms with E-state index in [2.05, 4.69) is 46.3 Å². The van der Waals surface area contributed by atoms with E-state index in [1.54, 1.807) is 0 Å². The summed E-state index contributed by atoms with van der Waals surface area (Å²) in [6.45, 7) is 7.75. The highest BCUT2D eigenvalue weighted by Crippen LogP contribution is 2.27. The molecule has 2 aromatic rings. The number of rotatable bonds is 5. The number of nitrogens with one attached hydrogen (secondary N) is 1. The highest BCUT2D eigenvalue weighted by Gasteiger charge is 2.23. The molecule has 3 heterocycles. The third-order valence-corrected chi connectivity index (χ3v) is 6.14. The Hall–Kier alpha value is -1.88. The number of likely N-dealkylation sites (tertiary alicyclic amines) is 1. The number of aromatic nitrogens is 2. The number of hydrogen-bond donors (Lipinski definition) is 1. The number of para-hydroxylation sites is 1. The summed E-state index contributed by atoms with van der Waals surface area (Å²) in [6, 6.07) is 9.07. The minimum absolute atomic E-state index is 0.607. The lowest BCUT2D eigenvalue weighted by molar-refractivity contribution is 0.277. The number of likely N-dealkylation sites (N-methyl/N-ethyl adjacent to an activating group) is 1. The Balaban J connectivity index is 1.58. The molecule has 0 spiro atoms. The third-order valence-electron chi connectivity index (χ3n) is 6.14. The SMILES string of the molecule is CCN1CCCC1CNc1nc(N2CCCCCCC2)c2ccccc2n1. The predicted octanol–water partition coefficient (Wildman–Crippen LogP) is 4.30. The molecule has 5 heteroatoms. The summed E-state index contributed by atoms with van der Waals surface area (Å²) >= 11 is 0. The Bertz CT molecular complexity index is 739. The van der Waals surface area contributed by atoms with Gasteiger partial charge in [0, 0.05) is 31.1 Å². The molecule has 1 atom stereocenters. The fourth-order valence-corrected chi connectivity index (χ4v) is 4.59. The van der Waals surface area contributed by atoms with Crippen molar-refractivity contribution >= 4 is 22.7 Å². The first-order valence-corrected chi connectivity index (χ1v) is 10.8. The van der Waals surface area contributed by atoms with E-state index in [0.717, 1.165) is 43.5 Å². The molecule has 5 nitrogen and oxygen atoms in total. The molecule has 1 aromatic heterocycles. The smallest absolute Gasteiger partial charge is 0.225 e. The highest BCUT2D eigenvalue weighted by molar-refractivity contribution is 5.90. The van der Waals surface area contributed by atoms with Gasteiger partial charge in [0.2, 0.25) is 5.95 Å². The molecule has 0 radical (unpaired) electrons. The van der Waals surface area contributed by atoms with E-state index >= 15 is 0 Å². The van der Waals surface area contributed by atoms with Crippen molar-refractivity contribution in [2.75, 3.05) is 42.9 Å². The second kappa shape index (κ2) is 8.87. The van der Waals surface area contributed by atoms with E-state index in [4.69, 9.17) is 9.97 Å². The first-order valence-electron chi connectivity index (χ1n) is 10.8. The average molecular weight is 368 g/mol. The van der Waals surface area contributed by atoms with Crippen LogP contribution in [0.2, 0.25) is 0 Å². The van der Waals surface area contributed by atoms with Crippen LogP contribution in [0.25, 0.3) is 10.9 Å². The van der Waals surface area contributed by atoms with Gasteiger partial charge in [-0.2, -0.15) is 4.98 Å². The van der Waals surface area contributed by atoms with Gasteiger partial charge in [-0.3, -0.25) is 4.90 Å². The average Bonchev–Trinajstić information content (AvgIpc) is 3.13. The van der Waals surface area contributed by atoms with Crippen LogP contribution in [0.15, 0.2) is 24.3 Å². The largest absolute Gasteiger partial charge is 0.356 e. The Morgan fingerprint density at radius 3 is 2.56 bits per heavy atom. The fraction of sp³-hybridized carbons (Fsp3) is 0.636. The Morgan fingerprint density at radius 1 is 0.963 bits per heavy atom. The maximum Gasteiger partial charge on any atom is 0.225 e. The molecular formula is C22H33N5. The van der Waals surface area contributed by atoms with Gasteiger partial charge in [-0.1, -0.05) is 38.3 Å². The van der Waals surface area contributed by atoms with E-state index < -0.39 is 0 Å². The second-order valence-corrected chi connectivity index (χ2v) is 7.95. The second-order valence-electron chi connectivity index (χ2n) is 7.95. The zero-order valence-corrected chi connectivity index (χ0v) is 16.7. The summed E-state index contributed by atoms with van der Waals surface area (Å²) in [5, 5.41) is 4.74. The van der Waals surface area contributed by atoms with Crippen LogP contribution < -0.4 is 10.2 Å². The summed E-state index contributed by atoms with van der Waals surface area (Å²) in [5.41, 5.74) is 1.05. The minimum atomic E-state index is 0.607. The van der Waals surface area contributed by atoms with Crippen LogP contribution in [0.1, 0.15) is 51.9 Å². The number of hydrogen-bond acceptors (Lipinski definition) is 5. The van der Waals surface area contributed by atoms with Crippen LogP contribution in [-0.4, -0.2) is 53.6 Å². The monoisotopic (exact) mass is 367 g/mol. The quantitative estimate of drug-likeness (QED) is 0.854. The van der Waals surface area contributed by atoms with Crippen LogP contribution in [-0.2, 0) is 0 Å². The topological polar surface area (TPSA) is 44.3 Å². The Morgan fingerprint density at radius 2 is 1.74 bits per heavy atom. The van der Waals surface area contributed by atoms with Gasteiger partial charge in [-0.05, 0) is 50.9 Å². The Labute approximate surface area is 163 Å². The molecule has 0 bridgehead atoms. The van der Waals surface area contributed by atoms with Crippen LogP contribution in [0.5, 0.6) is 0 Å². The summed E-state index contributed by atoms with van der Waals surface area (Å²) in [7, 11) is 0. The van der Waals surface area contributed by atoms with Crippen molar-refractivity contribution in [3.05, 3.63) is 24.3 Å². The molecule has 2 aliphatic heterocycles. The fourth-order valence-electron chi connectivity index (χ4n) is 4.59. The molecule has 2 saturated heterocycles. The molecular weight excluding hydrogens is 334 g/mol. The summed E-state index contributed by atoms with van der Waals surface area (Å²) in [5.74, 6) is 1.90. The number of anilines is 2. The third kappa shape index (κ3) is 4.34. The zero-order chi connectivity index (χ0) is 18.5. The molecule has 0 aliphatic carbocycles. The van der Waals surface area contributed by atoms with Crippen molar-refractivity contribution in [2.45, 2.75) is 57.9 Å². The lowest BCUT2D eigenvalue weighted by Gasteiger charge is -2.27. The van der Waals surface area contributed by atoms with Crippen molar-refractivity contribution in [3.63, 3.8) is 0 Å². The van der Waals surface area contributed by atoms with E-state index in [1.807, 2.05) is 0 Å². The van der Waals surface area contributed by atoms with Crippen LogP contribution in [0.3, 0.4) is 0 Å². The number of fused-ring (bicyclic) bond motifs is 1. The van der Waals surface area contributed by atoms with E-state index in [9.17, 15) is 0 Å². The number of nitrogens with zero attached hydrogens (tertiary/aromatic N) is 4. The van der Waals surface area contributed by atoms with Crippen molar-refractivity contribution in [3.8, 4) is 0 Å². The van der Waals surface area contributed by atoms with Crippen LogP contribution >= 0.6 is 0 Å². The zero-order valence-electron chi connectivity index (χ0n) is 16.7. The van der Waals surface area contributed by atoms with Gasteiger partial charge in [-0.15, -0.1) is 0 Å². The summed E-state index contributed by atoms with van der Waals surface area (Å²) < 4.78 is 0. The molecule has 27 heavy (non-hydrogen) atoms. The summed E-state index contributed by atoms with van der Waals surface area (Å²) in [6.07, 6.45) is 9.13. The van der Waals surface area contributed by atoms with Gasteiger partial charge in [0.25, 0.3) is 0 Å². The molecule has 2 fully saturated rings. The van der Waals surface area contributed by atoms with Crippen LogP contribution in [0.4, 0.5) is 11.8 Å². The molecule has 1 N–H and O–H groups in total. The van der Waals surface area contributed by atoms with Crippen molar-refractivity contribution in [1.29, 1.82) is 0 Å². The lowest BCUT2D eigenvalue weighted by atomic mass is 10.1. The maximum absolute atomic E-state index is 4.99. The molecule has 0 saturated carbocycles. The number of benzene rings is 1. The van der Waals surface area contributed by atoms with Gasteiger partial charge in [0.15, 0.2) is 0 Å². The summed E-state index contributed by atoms with van der Waals surface area (Å²) in [4.78, 5) is 14.9. The van der Waals surface area contributed by atoms with E-state index in [-0.39, 0.29) is 0 Å². The Kier molecular flexibility index (Phi) is 6.07. The van der Waals surface area contributed by atoms with Gasteiger partial charge < -0.3 is 10.2 Å². The van der Waals surface area contributed by atoms with Gasteiger partial charge in [-0.25, -0.2) is 4.98 Å². The molecule has 1 aromatic carbocycles. The molecule has 2 aliphatic rings. The maximum atomic E-state index is 4.99. The van der Waals surface area contributed by atoms with E-state index in [1.165, 1.54) is 56.9 Å². The van der Waals surface area contributed by atoms with Gasteiger partial charge in [0.1, 0.15) is 5.82 Å². The lowest BCUT2D eigenvalue weighted by Crippen LogP contribution is -2.35. The van der Waals surface area contributed by atoms with Crippen molar-refractivity contribution in [2.24, 2.45) is 0 Å². The van der Waals surface area contributed by atoms with Crippen LogP contribution in [0, 0.1) is 0 Å². The molecule has 4 rings (SSSR count). The minimum Gasteiger partial charge on any atom is -0.356 e. The first kappa shape index (κ1) is 18.5. The molecule has 0 amide bonds. The van der Waals surface area contributed by atoms with Crippen molar-refractivity contribution < 1.29 is 0 Å². The first-order chi connectivity index (χ1) is 13.3. The standard InChI is InChI=1S/C22H33N5/c1-2-26-16-10-11-18(26)17-23-22-24-20-13-7-6-12-19(20)21(25-22)27-14-8-4-3-5-9-15-27/h6-7,12-13,18H,2-5,8-11,14-17H2,1H3,(H,23,24,25). The normalized spacial score (nSPS) is 22.0. The molecule has 146 valence electrons. The van der Waals surface area contributed by atoms with Crippen molar-refractivity contribution in [1.82, 2.24) is 14.9 Å². The van der Waals surface area contributed by atoms with E-state index in [0.29, 0.717) is 6.04 Å². The molecule has 1 unspecified atom stereocenters. The van der Waals surface area contributed by atoms with Gasteiger partial charge >= 0.3 is 0 Å².